The minimum atomic E-state index is -1.08. The molecule has 0 saturated carbocycles. The molecule has 0 radical (unpaired) electrons. The lowest BCUT2D eigenvalue weighted by molar-refractivity contribution is -0.155. The number of nitrogens with one attached hydrogen (secondary N) is 2. The summed E-state index contributed by atoms with van der Waals surface area (Å²) in [4.78, 5) is 60.9. The van der Waals surface area contributed by atoms with Gasteiger partial charge in [-0.15, -0.1) is 0 Å². The highest BCUT2D eigenvalue weighted by Crippen LogP contribution is 2.40. The number of aryl methyl sites for hydroxylation is 1. The average molecular weight is 795 g/mol. The third kappa shape index (κ3) is 9.30. The van der Waals surface area contributed by atoms with Gasteiger partial charge in [0, 0.05) is 66.9 Å². The number of hydrazine groups is 1. The van der Waals surface area contributed by atoms with Crippen molar-refractivity contribution in [1.82, 2.24) is 30.2 Å². The van der Waals surface area contributed by atoms with Crippen LogP contribution in [0.15, 0.2) is 54.9 Å². The van der Waals surface area contributed by atoms with E-state index in [1.54, 1.807) is 50.2 Å². The molecule has 3 atom stereocenters. The quantitative estimate of drug-likeness (QED) is 0.175. The van der Waals surface area contributed by atoms with Crippen molar-refractivity contribution in [1.29, 1.82) is 0 Å². The third-order valence-corrected chi connectivity index (χ3v) is 11.1. The first kappa shape index (κ1) is 42.2. The van der Waals surface area contributed by atoms with E-state index < -0.39 is 41.1 Å². The van der Waals surface area contributed by atoms with Crippen LogP contribution < -0.4 is 10.7 Å². The molecule has 3 N–H and O–H groups in total. The first-order valence-corrected chi connectivity index (χ1v) is 20.3. The van der Waals surface area contributed by atoms with E-state index in [1.807, 2.05) is 32.2 Å². The van der Waals surface area contributed by atoms with Gasteiger partial charge in [0.1, 0.15) is 23.4 Å². The Bertz CT molecular complexity index is 2200. The van der Waals surface area contributed by atoms with Crippen molar-refractivity contribution in [3.8, 4) is 28.1 Å². The minimum Gasteiger partial charge on any atom is -0.508 e. The summed E-state index contributed by atoms with van der Waals surface area (Å²) >= 11 is 0. The molecule has 1 fully saturated rings. The molecule has 13 nitrogen and oxygen atoms in total. The second kappa shape index (κ2) is 16.8. The number of phenolic OH excluding ortho intramolecular Hbond substituents is 1. The Morgan fingerprint density at radius 2 is 1.84 bits per heavy atom. The number of carbonyl (C=O) groups excluding carboxylic acids is 4. The number of carbonyl (C=O) groups is 4. The molecule has 4 heterocycles. The molecule has 1 saturated heterocycles. The molecule has 2 aromatic carbocycles. The summed E-state index contributed by atoms with van der Waals surface area (Å²) in [6.45, 7) is 16.5. The van der Waals surface area contributed by atoms with Gasteiger partial charge in [0.15, 0.2) is 0 Å². The topological polar surface area (TPSA) is 155 Å². The van der Waals surface area contributed by atoms with Gasteiger partial charge in [-0.25, -0.2) is 10.2 Å². The van der Waals surface area contributed by atoms with Crippen LogP contribution in [-0.4, -0.2) is 92.4 Å². The number of amides is 3. The Morgan fingerprint density at radius 1 is 1.09 bits per heavy atom. The van der Waals surface area contributed by atoms with E-state index in [9.17, 15) is 24.3 Å². The van der Waals surface area contributed by atoms with Gasteiger partial charge in [-0.2, -0.15) is 0 Å². The van der Waals surface area contributed by atoms with Gasteiger partial charge < -0.3 is 29.4 Å². The number of benzene rings is 2. The normalized spacial score (nSPS) is 19.2. The molecular formula is C45H58N6O7. The zero-order valence-corrected chi connectivity index (χ0v) is 35.3. The molecule has 1 unspecified atom stereocenters. The van der Waals surface area contributed by atoms with Crippen LogP contribution in [0.4, 0.5) is 4.79 Å². The number of aromatic hydroxyl groups is 1. The van der Waals surface area contributed by atoms with Crippen molar-refractivity contribution in [2.75, 3.05) is 20.2 Å². The lowest BCUT2D eigenvalue weighted by Gasteiger charge is -2.35. The maximum Gasteiger partial charge on any atom is 0.408 e. The van der Waals surface area contributed by atoms with E-state index in [4.69, 9.17) is 9.47 Å². The summed E-state index contributed by atoms with van der Waals surface area (Å²) in [5, 5.41) is 16.2. The van der Waals surface area contributed by atoms with Crippen LogP contribution in [0.5, 0.6) is 5.75 Å². The van der Waals surface area contributed by atoms with Crippen molar-refractivity contribution >= 4 is 34.8 Å². The molecule has 2 aromatic heterocycles. The Hall–Kier alpha value is -5.43. The molecule has 3 amide bonds. The van der Waals surface area contributed by atoms with E-state index in [-0.39, 0.29) is 30.7 Å². The highest BCUT2D eigenvalue weighted by atomic mass is 16.6. The minimum absolute atomic E-state index is 0.00691. The largest absolute Gasteiger partial charge is 0.508 e. The summed E-state index contributed by atoms with van der Waals surface area (Å²) in [6.07, 6.45) is 5.03. The SMILES string of the molecule is CCC(C)N(C)C(=O)c1cncc(-c2c3c4cc(ccc4n2CC)-c2cc(O)cc(c2)C[C@H](NC(=O)OC(C)(C)C)C(=O)N2CCC[C@H](N2)C(=O)OCC(C)(C)C3)c1. The van der Waals surface area contributed by atoms with E-state index >= 15 is 0 Å². The van der Waals surface area contributed by atoms with Gasteiger partial charge in [-0.1, -0.05) is 32.9 Å². The Morgan fingerprint density at radius 3 is 2.55 bits per heavy atom. The van der Waals surface area contributed by atoms with Gasteiger partial charge in [-0.05, 0) is 113 Å². The predicted molar refractivity (Wildman–Crippen MR) is 223 cm³/mol. The van der Waals surface area contributed by atoms with Gasteiger partial charge >= 0.3 is 12.1 Å². The first-order valence-electron chi connectivity index (χ1n) is 20.3. The fourth-order valence-electron chi connectivity index (χ4n) is 7.85. The smallest absolute Gasteiger partial charge is 0.408 e. The Kier molecular flexibility index (Phi) is 12.2. The molecule has 4 aromatic rings. The van der Waals surface area contributed by atoms with Gasteiger partial charge in [0.05, 0.1) is 17.9 Å². The number of ether oxygens (including phenoxy) is 2. The van der Waals surface area contributed by atoms with E-state index in [0.29, 0.717) is 43.5 Å². The second-order valence-corrected chi connectivity index (χ2v) is 17.5. The standard InChI is InChI=1S/C45H58N6O7/c1-10-27(3)49(9)40(53)32-20-31(24-46-25-32)39-35-23-45(7,8)26-57-42(55)36-13-12-16-51(48-36)41(54)37(47-43(56)58-44(4,5)6)19-28-17-30(21-33(52)18-28)29-14-15-38(34(35)22-29)50(39)11-2/h14-15,17-18,20-22,24-25,27,36-37,48,52H,10-13,16,19,23,26H2,1-9H3,(H,47,56)/t27?,36-,37-/m0/s1. The summed E-state index contributed by atoms with van der Waals surface area (Å²) in [5.74, 6) is -1.01. The Labute approximate surface area is 341 Å². The van der Waals surface area contributed by atoms with Gasteiger partial charge in [0.2, 0.25) is 0 Å². The van der Waals surface area contributed by atoms with Gasteiger partial charge in [-0.3, -0.25) is 24.4 Å². The number of hydrogen-bond donors (Lipinski definition) is 3. The number of cyclic esters (lactones) is 1. The van der Waals surface area contributed by atoms with Crippen molar-refractivity contribution in [2.45, 2.75) is 118 Å². The maximum atomic E-state index is 14.1. The van der Waals surface area contributed by atoms with Gasteiger partial charge in [0.25, 0.3) is 11.8 Å². The van der Waals surface area contributed by atoms with E-state index in [0.717, 1.165) is 45.3 Å². The highest BCUT2D eigenvalue weighted by Gasteiger charge is 2.36. The molecule has 6 rings (SSSR count). The lowest BCUT2D eigenvalue weighted by Crippen LogP contribution is -2.60. The van der Waals surface area contributed by atoms with Crippen molar-refractivity contribution in [3.05, 3.63) is 71.5 Å². The molecular weight excluding hydrogens is 737 g/mol. The number of phenols is 1. The lowest BCUT2D eigenvalue weighted by atomic mass is 9.84. The summed E-state index contributed by atoms with van der Waals surface area (Å²) in [6, 6.07) is 11.5. The fourth-order valence-corrected chi connectivity index (χ4v) is 7.85. The number of fused-ring (bicyclic) bond motifs is 6. The second-order valence-electron chi connectivity index (χ2n) is 17.5. The van der Waals surface area contributed by atoms with Crippen LogP contribution in [0.25, 0.3) is 33.3 Å². The summed E-state index contributed by atoms with van der Waals surface area (Å²) in [7, 11) is 1.81. The van der Waals surface area contributed by atoms with E-state index in [1.165, 1.54) is 5.01 Å². The molecule has 13 heteroatoms. The number of esters is 1. The number of pyridine rings is 1. The summed E-state index contributed by atoms with van der Waals surface area (Å²) in [5.41, 5.74) is 8.09. The summed E-state index contributed by atoms with van der Waals surface area (Å²) < 4.78 is 13.8. The third-order valence-electron chi connectivity index (χ3n) is 11.1. The van der Waals surface area contributed by atoms with Crippen molar-refractivity contribution in [3.63, 3.8) is 0 Å². The van der Waals surface area contributed by atoms with Crippen LogP contribution in [0.3, 0.4) is 0 Å². The van der Waals surface area contributed by atoms with Crippen LogP contribution in [0, 0.1) is 5.41 Å². The molecule has 2 aliphatic heterocycles. The van der Waals surface area contributed by atoms with Crippen LogP contribution in [0.2, 0.25) is 0 Å². The predicted octanol–water partition coefficient (Wildman–Crippen LogP) is 7.02. The number of rotatable bonds is 6. The molecule has 310 valence electrons. The number of hydrogen-bond acceptors (Lipinski definition) is 9. The average Bonchev–Trinajstić information content (AvgIpc) is 3.48. The van der Waals surface area contributed by atoms with E-state index in [2.05, 4.69) is 60.1 Å². The number of aromatic nitrogens is 2. The molecule has 0 spiro atoms. The zero-order chi connectivity index (χ0) is 42.1. The first-order chi connectivity index (χ1) is 27.4. The van der Waals surface area contributed by atoms with Crippen LogP contribution in [0.1, 0.15) is 96.1 Å². The number of nitrogens with zero attached hydrogens (tertiary/aromatic N) is 4. The zero-order valence-electron chi connectivity index (χ0n) is 35.3. The highest BCUT2D eigenvalue weighted by molar-refractivity contribution is 5.98. The molecule has 0 aliphatic carbocycles. The molecule has 6 bridgehead atoms. The number of alkyl carbamates (subject to hydrolysis) is 1. The van der Waals surface area contributed by atoms with Crippen LogP contribution >= 0.6 is 0 Å². The maximum absolute atomic E-state index is 14.1. The monoisotopic (exact) mass is 794 g/mol. The fraction of sp³-hybridized carbons (Fsp3) is 0.489. The molecule has 58 heavy (non-hydrogen) atoms. The van der Waals surface area contributed by atoms with Crippen LogP contribution in [-0.2, 0) is 38.4 Å². The molecule has 2 aliphatic rings. The van der Waals surface area contributed by atoms with Crippen molar-refractivity contribution < 1.29 is 33.8 Å². The van der Waals surface area contributed by atoms with Crippen molar-refractivity contribution in [2.24, 2.45) is 5.41 Å². The Balaban J connectivity index is 1.52.